The number of carbonyl (C=O) groups excluding carboxylic acids is 2. The summed E-state index contributed by atoms with van der Waals surface area (Å²) in [7, 11) is 0. The minimum absolute atomic E-state index is 0.171. The molecule has 0 spiro atoms. The molecule has 27 heavy (non-hydrogen) atoms. The van der Waals surface area contributed by atoms with E-state index in [1.807, 2.05) is 0 Å². The average Bonchev–Trinajstić information content (AvgIpc) is 2.62. The molecule has 7 heteroatoms. The van der Waals surface area contributed by atoms with Gasteiger partial charge in [0.05, 0.1) is 6.61 Å². The molecule has 1 N–H and O–H groups in total. The third-order valence-electron chi connectivity index (χ3n) is 4.75. The van der Waals surface area contributed by atoms with E-state index in [9.17, 15) is 22.8 Å². The number of hydrogen-bond acceptors (Lipinski definition) is 3. The third kappa shape index (κ3) is 12.7. The Labute approximate surface area is 161 Å². The van der Waals surface area contributed by atoms with Gasteiger partial charge in [0.25, 0.3) is 0 Å². The Bertz CT molecular complexity index is 414. The largest absolute Gasteiger partial charge is 0.471 e. The lowest BCUT2D eigenvalue weighted by Crippen LogP contribution is -2.50. The maximum absolute atomic E-state index is 12.4. The van der Waals surface area contributed by atoms with E-state index >= 15 is 0 Å². The highest BCUT2D eigenvalue weighted by atomic mass is 19.4. The summed E-state index contributed by atoms with van der Waals surface area (Å²) in [4.78, 5) is 23.2. The van der Waals surface area contributed by atoms with Gasteiger partial charge in [-0.25, -0.2) is 4.79 Å². The van der Waals surface area contributed by atoms with Crippen molar-refractivity contribution in [2.75, 3.05) is 6.61 Å². The Kier molecular flexibility index (Phi) is 14.1. The second kappa shape index (κ2) is 14.7. The molecule has 0 aromatic heterocycles. The van der Waals surface area contributed by atoms with Crippen molar-refractivity contribution in [2.45, 2.75) is 104 Å². The van der Waals surface area contributed by atoms with E-state index in [0.717, 1.165) is 19.3 Å². The summed E-state index contributed by atoms with van der Waals surface area (Å²) in [6, 6.07) is -1.27. The van der Waals surface area contributed by atoms with Gasteiger partial charge in [-0.15, -0.1) is 0 Å². The zero-order valence-corrected chi connectivity index (χ0v) is 17.0. The van der Waals surface area contributed by atoms with E-state index in [1.165, 1.54) is 38.5 Å². The van der Waals surface area contributed by atoms with Crippen LogP contribution in [-0.2, 0) is 14.3 Å². The van der Waals surface area contributed by atoms with Crippen molar-refractivity contribution < 1.29 is 27.5 Å². The average molecular weight is 396 g/mol. The summed E-state index contributed by atoms with van der Waals surface area (Å²) in [5.41, 5.74) is 0. The third-order valence-corrected chi connectivity index (χ3v) is 4.75. The molecule has 0 radical (unpaired) electrons. The van der Waals surface area contributed by atoms with E-state index < -0.39 is 30.0 Å². The van der Waals surface area contributed by atoms with Crippen LogP contribution in [0.2, 0.25) is 0 Å². The number of ether oxygens (including phenoxy) is 1. The van der Waals surface area contributed by atoms with Gasteiger partial charge in [-0.3, -0.25) is 4.79 Å². The molecule has 0 aliphatic rings. The standard InChI is InChI=1S/C20H36F3NO3/c1-4-6-7-8-9-10-11-12-13-14-15-27-18(25)17(16(3)5-2)24-19(26)20(21,22)23/h16-17H,4-15H2,1-3H3,(H,24,26)/t16-,17-/m0/s1. The van der Waals surface area contributed by atoms with Crippen molar-refractivity contribution >= 4 is 11.9 Å². The highest BCUT2D eigenvalue weighted by Crippen LogP contribution is 2.17. The second-order valence-electron chi connectivity index (χ2n) is 7.18. The predicted molar refractivity (Wildman–Crippen MR) is 100 cm³/mol. The zero-order valence-electron chi connectivity index (χ0n) is 17.0. The number of rotatable bonds is 15. The Morgan fingerprint density at radius 2 is 1.37 bits per heavy atom. The molecule has 0 aliphatic carbocycles. The lowest BCUT2D eigenvalue weighted by atomic mass is 9.99. The molecule has 0 aromatic rings. The van der Waals surface area contributed by atoms with E-state index in [1.54, 1.807) is 19.2 Å². The monoisotopic (exact) mass is 395 g/mol. The number of unbranched alkanes of at least 4 members (excludes halogenated alkanes) is 9. The van der Waals surface area contributed by atoms with Crippen molar-refractivity contribution in [3.63, 3.8) is 0 Å². The fourth-order valence-electron chi connectivity index (χ4n) is 2.74. The number of hydrogen-bond donors (Lipinski definition) is 1. The number of alkyl halides is 3. The summed E-state index contributed by atoms with van der Waals surface area (Å²) in [6.45, 7) is 5.72. The molecule has 0 rings (SSSR count). The van der Waals surface area contributed by atoms with Crippen molar-refractivity contribution in [1.29, 1.82) is 0 Å². The molecule has 0 aliphatic heterocycles. The van der Waals surface area contributed by atoms with Gasteiger partial charge in [0.1, 0.15) is 6.04 Å². The van der Waals surface area contributed by atoms with Crippen LogP contribution in [0, 0.1) is 5.92 Å². The maximum Gasteiger partial charge on any atom is 0.471 e. The minimum Gasteiger partial charge on any atom is -0.464 e. The molecule has 0 unspecified atom stereocenters. The lowest BCUT2D eigenvalue weighted by Gasteiger charge is -2.23. The smallest absolute Gasteiger partial charge is 0.464 e. The Morgan fingerprint density at radius 1 is 0.889 bits per heavy atom. The highest BCUT2D eigenvalue weighted by molar-refractivity contribution is 5.87. The van der Waals surface area contributed by atoms with Crippen molar-refractivity contribution in [2.24, 2.45) is 5.92 Å². The highest BCUT2D eigenvalue weighted by Gasteiger charge is 2.42. The molecule has 2 atom stereocenters. The first-order chi connectivity index (χ1) is 12.7. The van der Waals surface area contributed by atoms with Gasteiger partial charge in [0.15, 0.2) is 0 Å². The SMILES string of the molecule is CCCCCCCCCCCCOC(=O)[C@@H](NC(=O)C(F)(F)F)[C@@H](C)CC. The molecule has 0 saturated carbocycles. The van der Waals surface area contributed by atoms with Gasteiger partial charge in [-0.1, -0.05) is 85.0 Å². The molecule has 0 fully saturated rings. The van der Waals surface area contributed by atoms with Crippen molar-refractivity contribution in [3.8, 4) is 0 Å². The number of amides is 1. The van der Waals surface area contributed by atoms with Crippen molar-refractivity contribution in [1.82, 2.24) is 5.32 Å². The van der Waals surface area contributed by atoms with Crippen LogP contribution in [0.25, 0.3) is 0 Å². The first-order valence-electron chi connectivity index (χ1n) is 10.3. The summed E-state index contributed by atoms with van der Waals surface area (Å²) in [5, 5.41) is 1.76. The fourth-order valence-corrected chi connectivity index (χ4v) is 2.74. The van der Waals surface area contributed by atoms with Crippen LogP contribution in [0.4, 0.5) is 13.2 Å². The van der Waals surface area contributed by atoms with Crippen LogP contribution in [0.5, 0.6) is 0 Å². The summed E-state index contributed by atoms with van der Waals surface area (Å²) < 4.78 is 42.3. The van der Waals surface area contributed by atoms with E-state index in [-0.39, 0.29) is 6.61 Å². The molecular weight excluding hydrogens is 359 g/mol. The number of carbonyl (C=O) groups is 2. The zero-order chi connectivity index (χ0) is 20.7. The van der Waals surface area contributed by atoms with Crippen LogP contribution < -0.4 is 5.32 Å². The van der Waals surface area contributed by atoms with Crippen LogP contribution in [0.3, 0.4) is 0 Å². The van der Waals surface area contributed by atoms with E-state index in [4.69, 9.17) is 4.74 Å². The van der Waals surface area contributed by atoms with E-state index in [2.05, 4.69) is 6.92 Å². The van der Waals surface area contributed by atoms with Crippen LogP contribution in [-0.4, -0.2) is 30.7 Å². The van der Waals surface area contributed by atoms with Crippen molar-refractivity contribution in [3.05, 3.63) is 0 Å². The molecule has 160 valence electrons. The Morgan fingerprint density at radius 3 is 1.81 bits per heavy atom. The second-order valence-corrected chi connectivity index (χ2v) is 7.18. The fraction of sp³-hybridized carbons (Fsp3) is 0.900. The number of esters is 1. The maximum atomic E-state index is 12.4. The van der Waals surface area contributed by atoms with Gasteiger partial charge in [-0.05, 0) is 12.3 Å². The van der Waals surface area contributed by atoms with Gasteiger partial charge in [-0.2, -0.15) is 13.2 Å². The summed E-state index contributed by atoms with van der Waals surface area (Å²) >= 11 is 0. The van der Waals surface area contributed by atoms with Crippen LogP contribution in [0.15, 0.2) is 0 Å². The number of nitrogens with one attached hydrogen (secondary N) is 1. The van der Waals surface area contributed by atoms with Crippen LogP contribution >= 0.6 is 0 Å². The number of halogens is 3. The Balaban J connectivity index is 3.99. The summed E-state index contributed by atoms with van der Waals surface area (Å²) in [6.07, 6.45) is 6.85. The first kappa shape index (κ1) is 25.7. The molecule has 1 amide bonds. The lowest BCUT2D eigenvalue weighted by molar-refractivity contribution is -0.176. The predicted octanol–water partition coefficient (Wildman–Crippen LogP) is 5.54. The quantitative estimate of drug-likeness (QED) is 0.292. The molecule has 4 nitrogen and oxygen atoms in total. The molecular formula is C20H36F3NO3. The molecule has 0 saturated heterocycles. The van der Waals surface area contributed by atoms with Gasteiger partial charge >= 0.3 is 18.1 Å². The normalized spacial score (nSPS) is 13.9. The first-order valence-corrected chi connectivity index (χ1v) is 10.3. The molecule has 0 heterocycles. The summed E-state index contributed by atoms with van der Waals surface area (Å²) in [5.74, 6) is -3.34. The minimum atomic E-state index is -5.01. The van der Waals surface area contributed by atoms with Gasteiger partial charge in [0.2, 0.25) is 0 Å². The van der Waals surface area contributed by atoms with Gasteiger partial charge < -0.3 is 10.1 Å². The van der Waals surface area contributed by atoms with E-state index in [0.29, 0.717) is 12.8 Å². The topological polar surface area (TPSA) is 55.4 Å². The van der Waals surface area contributed by atoms with Crippen LogP contribution in [0.1, 0.15) is 91.4 Å². The Hall–Kier alpha value is -1.27. The van der Waals surface area contributed by atoms with Gasteiger partial charge in [0, 0.05) is 0 Å². The molecule has 0 bridgehead atoms. The molecule has 0 aromatic carbocycles.